The van der Waals surface area contributed by atoms with Gasteiger partial charge < -0.3 is 0 Å². The van der Waals surface area contributed by atoms with Crippen molar-refractivity contribution in [3.63, 3.8) is 0 Å². The summed E-state index contributed by atoms with van der Waals surface area (Å²) in [6, 6.07) is 7.74. The van der Waals surface area contributed by atoms with Crippen molar-refractivity contribution < 1.29 is 4.79 Å². The molecule has 0 saturated heterocycles. The fraction of sp³-hybridized carbons (Fsp3) is 0.200. The van der Waals surface area contributed by atoms with Crippen molar-refractivity contribution in [3.8, 4) is 0 Å². The largest absolute Gasteiger partial charge is 0.292 e. The van der Waals surface area contributed by atoms with Gasteiger partial charge in [-0.15, -0.1) is 5.10 Å². The lowest BCUT2D eigenvalue weighted by atomic mass is 10.3. The number of hydrogen-bond acceptors (Lipinski definition) is 5. The maximum absolute atomic E-state index is 10.4. The van der Waals surface area contributed by atoms with Gasteiger partial charge in [0.05, 0.1) is 17.0 Å². The highest BCUT2D eigenvalue weighted by molar-refractivity contribution is 7.99. The summed E-state index contributed by atoms with van der Waals surface area (Å²) >= 11 is 1.33. The molecule has 6 heteroatoms. The van der Waals surface area contributed by atoms with E-state index in [0.717, 1.165) is 11.0 Å². The average molecular weight is 234 g/mol. The minimum absolute atomic E-state index is 0.171. The second-order valence-corrected chi connectivity index (χ2v) is 3.93. The van der Waals surface area contributed by atoms with Gasteiger partial charge in [-0.3, -0.25) is 9.89 Å². The van der Waals surface area contributed by atoms with Gasteiger partial charge in [0.2, 0.25) is 0 Å². The lowest BCUT2D eigenvalue weighted by Gasteiger charge is -1.79. The number of rotatable bonds is 0. The van der Waals surface area contributed by atoms with E-state index in [4.69, 9.17) is 0 Å². The molecule has 0 bridgehead atoms. The molecule has 1 aromatic heterocycles. The van der Waals surface area contributed by atoms with Crippen molar-refractivity contribution >= 4 is 34.5 Å². The molecule has 1 N–H and O–H groups in total. The predicted octanol–water partition coefficient (Wildman–Crippen LogP) is 1.64. The zero-order valence-electron chi connectivity index (χ0n) is 8.67. The SMILES string of the molecule is CC1=NSCC1=O.c1ccc2[nH]nnc2c1. The third kappa shape index (κ3) is 2.46. The topological polar surface area (TPSA) is 71.0 Å². The molecule has 0 radical (unpaired) electrons. The summed E-state index contributed by atoms with van der Waals surface area (Å²) in [7, 11) is 0. The molecule has 2 aromatic rings. The number of nitrogens with zero attached hydrogens (tertiary/aromatic N) is 3. The van der Waals surface area contributed by atoms with Crippen molar-refractivity contribution in [2.45, 2.75) is 6.92 Å². The molecule has 3 rings (SSSR count). The Labute approximate surface area is 96.5 Å². The Hall–Kier alpha value is -1.69. The monoisotopic (exact) mass is 234 g/mol. The Morgan fingerprint density at radius 2 is 2.19 bits per heavy atom. The molecule has 0 atom stereocenters. The van der Waals surface area contributed by atoms with Crippen molar-refractivity contribution in [3.05, 3.63) is 24.3 Å². The number of carbonyl (C=O) groups excluding carboxylic acids is 1. The first-order valence-electron chi connectivity index (χ1n) is 4.73. The summed E-state index contributed by atoms with van der Waals surface area (Å²) in [5.74, 6) is 0.719. The number of carbonyl (C=O) groups is 1. The minimum Gasteiger partial charge on any atom is -0.292 e. The Morgan fingerprint density at radius 1 is 1.38 bits per heavy atom. The molecule has 0 unspecified atom stereocenters. The Bertz CT molecular complexity index is 504. The van der Waals surface area contributed by atoms with Gasteiger partial charge in [-0.2, -0.15) is 0 Å². The van der Waals surface area contributed by atoms with Crippen molar-refractivity contribution in [2.75, 3.05) is 5.75 Å². The predicted molar refractivity (Wildman–Crippen MR) is 64.5 cm³/mol. The zero-order chi connectivity index (χ0) is 11.4. The summed E-state index contributed by atoms with van der Waals surface area (Å²) in [5.41, 5.74) is 2.56. The van der Waals surface area contributed by atoms with Crippen molar-refractivity contribution in [1.29, 1.82) is 0 Å². The highest BCUT2D eigenvalue weighted by Gasteiger charge is 2.11. The van der Waals surface area contributed by atoms with Crippen LogP contribution >= 0.6 is 11.9 Å². The van der Waals surface area contributed by atoms with Gasteiger partial charge in [-0.05, 0) is 31.0 Å². The van der Waals surface area contributed by atoms with E-state index >= 15 is 0 Å². The van der Waals surface area contributed by atoms with Crippen LogP contribution < -0.4 is 0 Å². The molecular formula is C10H10N4OS. The molecule has 1 aliphatic rings. The van der Waals surface area contributed by atoms with Crippen LogP contribution in [0.1, 0.15) is 6.92 Å². The summed E-state index contributed by atoms with van der Waals surface area (Å²) in [6.07, 6.45) is 0. The number of para-hydroxylation sites is 1. The maximum atomic E-state index is 10.4. The normalized spacial score (nSPS) is 14.6. The summed E-state index contributed by atoms with van der Waals surface area (Å²) in [5, 5.41) is 10.2. The summed E-state index contributed by atoms with van der Waals surface area (Å²) in [6.45, 7) is 1.74. The van der Waals surface area contributed by atoms with E-state index in [-0.39, 0.29) is 5.78 Å². The standard InChI is InChI=1S/C6H5N3.C4H5NOS/c1-2-4-6-5(3-1)7-9-8-6;1-3-4(6)2-7-5-3/h1-4H,(H,7,8,9);2H2,1H3. The second-order valence-electron chi connectivity index (χ2n) is 3.20. The lowest BCUT2D eigenvalue weighted by molar-refractivity contribution is -0.110. The molecule has 0 spiro atoms. The van der Waals surface area contributed by atoms with E-state index in [1.165, 1.54) is 11.9 Å². The number of H-pyrrole nitrogens is 1. The van der Waals surface area contributed by atoms with E-state index in [9.17, 15) is 4.79 Å². The fourth-order valence-corrected chi connectivity index (χ4v) is 1.82. The van der Waals surface area contributed by atoms with Crippen LogP contribution in [0.15, 0.2) is 28.7 Å². The van der Waals surface area contributed by atoms with Crippen LogP contribution in [0.2, 0.25) is 0 Å². The number of Topliss-reactive ketones (excluding diaryl/α,β-unsaturated/α-hetero) is 1. The number of ketones is 1. The van der Waals surface area contributed by atoms with Gasteiger partial charge in [-0.1, -0.05) is 17.3 Å². The zero-order valence-corrected chi connectivity index (χ0v) is 9.49. The van der Waals surface area contributed by atoms with Gasteiger partial charge in [0.1, 0.15) is 5.52 Å². The van der Waals surface area contributed by atoms with Crippen molar-refractivity contribution in [1.82, 2.24) is 15.4 Å². The highest BCUT2D eigenvalue weighted by Crippen LogP contribution is 2.10. The van der Waals surface area contributed by atoms with Crippen LogP contribution in [0.3, 0.4) is 0 Å². The van der Waals surface area contributed by atoms with Gasteiger partial charge in [-0.25, -0.2) is 4.40 Å². The molecule has 0 amide bonds. The molecular weight excluding hydrogens is 224 g/mol. The van der Waals surface area contributed by atoms with Gasteiger partial charge in [0, 0.05) is 0 Å². The number of benzene rings is 1. The van der Waals surface area contributed by atoms with Gasteiger partial charge >= 0.3 is 0 Å². The number of aromatic nitrogens is 3. The lowest BCUT2D eigenvalue weighted by Crippen LogP contribution is -2.04. The van der Waals surface area contributed by atoms with E-state index in [0.29, 0.717) is 11.5 Å². The number of hydrogen-bond donors (Lipinski definition) is 1. The first-order valence-corrected chi connectivity index (χ1v) is 5.67. The third-order valence-corrected chi connectivity index (χ3v) is 2.83. The second kappa shape index (κ2) is 4.89. The molecule has 16 heavy (non-hydrogen) atoms. The van der Waals surface area contributed by atoms with E-state index in [1.807, 2.05) is 24.3 Å². The number of aromatic amines is 1. The van der Waals surface area contributed by atoms with Crippen LogP contribution in [0.4, 0.5) is 0 Å². The average Bonchev–Trinajstić information content (AvgIpc) is 2.89. The van der Waals surface area contributed by atoms with Crippen LogP contribution in [0, 0.1) is 0 Å². The number of fused-ring (bicyclic) bond motifs is 1. The molecule has 0 fully saturated rings. The molecule has 1 aromatic carbocycles. The van der Waals surface area contributed by atoms with Crippen LogP contribution in [-0.2, 0) is 4.79 Å². The fourth-order valence-electron chi connectivity index (χ4n) is 1.13. The Balaban J connectivity index is 0.000000125. The molecule has 82 valence electrons. The van der Waals surface area contributed by atoms with E-state index < -0.39 is 0 Å². The molecule has 2 heterocycles. The van der Waals surface area contributed by atoms with E-state index in [2.05, 4.69) is 19.8 Å². The Kier molecular flexibility index (Phi) is 3.31. The summed E-state index contributed by atoms with van der Waals surface area (Å²) < 4.78 is 3.80. The van der Waals surface area contributed by atoms with Crippen LogP contribution in [0.5, 0.6) is 0 Å². The quantitative estimate of drug-likeness (QED) is 0.703. The van der Waals surface area contributed by atoms with Crippen LogP contribution in [-0.4, -0.2) is 32.7 Å². The first kappa shape index (κ1) is 10.8. The van der Waals surface area contributed by atoms with Gasteiger partial charge in [0.25, 0.3) is 0 Å². The summed E-state index contributed by atoms with van der Waals surface area (Å²) in [4.78, 5) is 10.4. The minimum atomic E-state index is 0.171. The Morgan fingerprint density at radius 3 is 2.75 bits per heavy atom. The molecule has 5 nitrogen and oxygen atoms in total. The number of nitrogens with one attached hydrogen (secondary N) is 1. The van der Waals surface area contributed by atoms with Crippen molar-refractivity contribution in [2.24, 2.45) is 4.40 Å². The molecule has 0 saturated carbocycles. The maximum Gasteiger partial charge on any atom is 0.189 e. The first-order chi connectivity index (χ1) is 7.77. The van der Waals surface area contributed by atoms with Gasteiger partial charge in [0.15, 0.2) is 5.78 Å². The third-order valence-electron chi connectivity index (χ3n) is 2.03. The van der Waals surface area contributed by atoms with Crippen LogP contribution in [0.25, 0.3) is 11.0 Å². The molecule has 1 aliphatic heterocycles. The molecule has 0 aliphatic carbocycles. The smallest absolute Gasteiger partial charge is 0.189 e. The highest BCUT2D eigenvalue weighted by atomic mass is 32.2. The van der Waals surface area contributed by atoms with E-state index in [1.54, 1.807) is 6.92 Å².